The number of Topliss-reactive ketones (excluding diaryl/α,β-unsaturated/α-hetero) is 1. The topological polar surface area (TPSA) is 140 Å². The Kier molecular flexibility index (Phi) is 10.0. The summed E-state index contributed by atoms with van der Waals surface area (Å²) in [7, 11) is -4.78. The summed E-state index contributed by atoms with van der Waals surface area (Å²) < 4.78 is 27.8. The number of esters is 1. The number of ether oxygens (including phenoxy) is 2. The summed E-state index contributed by atoms with van der Waals surface area (Å²) in [6, 6.07) is 9.17. The summed E-state index contributed by atoms with van der Waals surface area (Å²) in [6.45, 7) is 1.99. The minimum atomic E-state index is -4.78. The Bertz CT molecular complexity index is 976. The second-order valence-corrected chi connectivity index (χ2v) is 12.6. The van der Waals surface area contributed by atoms with Gasteiger partial charge in [-0.15, -0.1) is 0 Å². The molecule has 0 saturated heterocycles. The molecule has 4 rings (SSSR count). The Morgan fingerprint density at radius 2 is 1.82 bits per heavy atom. The molecule has 3 N–H and O–H groups in total. The molecule has 3 aliphatic rings. The van der Waals surface area contributed by atoms with Gasteiger partial charge in [-0.05, 0) is 87.2 Å². The minimum absolute atomic E-state index is 0.0333. The van der Waals surface area contributed by atoms with Crippen molar-refractivity contribution in [1.82, 2.24) is 0 Å². The zero-order valence-electron chi connectivity index (χ0n) is 22.0. The van der Waals surface area contributed by atoms with E-state index in [1.54, 1.807) is 12.1 Å². The van der Waals surface area contributed by atoms with E-state index in [0.29, 0.717) is 36.8 Å². The molecular weight excluding hydrogens is 511 g/mol. The first kappa shape index (κ1) is 29.2. The number of aliphatic hydroxyl groups excluding tert-OH is 1. The standard InChI is InChI=1S/C28H41O9P/c1-18(14-21(29)17-35-22-7-3-2-4-8-22)28-24(25(30)16-26(28)37-38(32,33)34)15-20-11-10-19(20)6-5-9-27(31)36-23-12-13-23/h2-4,7-8,18-21,23-24,26,28-29H,5-6,9-17H2,1H3,(H2,32,33,34)/t18-,19?,20-,21+,24-,26+,28+/m0/s1. The Morgan fingerprint density at radius 1 is 1.11 bits per heavy atom. The molecule has 0 radical (unpaired) electrons. The van der Waals surface area contributed by atoms with E-state index in [1.165, 1.54) is 0 Å². The van der Waals surface area contributed by atoms with Gasteiger partial charge in [-0.3, -0.25) is 14.1 Å². The molecule has 9 nitrogen and oxygen atoms in total. The van der Waals surface area contributed by atoms with Crippen molar-refractivity contribution in [1.29, 1.82) is 0 Å². The maximum Gasteiger partial charge on any atom is 0.469 e. The van der Waals surface area contributed by atoms with Crippen molar-refractivity contribution in [2.45, 2.75) is 89.4 Å². The third kappa shape index (κ3) is 8.62. The molecule has 0 bridgehead atoms. The number of hydrogen-bond donors (Lipinski definition) is 3. The molecule has 0 heterocycles. The van der Waals surface area contributed by atoms with Crippen LogP contribution in [0.15, 0.2) is 30.3 Å². The molecule has 3 fully saturated rings. The second kappa shape index (κ2) is 13.1. The Balaban J connectivity index is 1.33. The number of hydrogen-bond acceptors (Lipinski definition) is 7. The average molecular weight is 553 g/mol. The third-order valence-corrected chi connectivity index (χ3v) is 8.92. The van der Waals surface area contributed by atoms with Crippen molar-refractivity contribution >= 4 is 19.6 Å². The predicted octanol–water partition coefficient (Wildman–Crippen LogP) is 4.43. The average Bonchev–Trinajstić information content (AvgIpc) is 3.59. The van der Waals surface area contributed by atoms with Gasteiger partial charge in [-0.25, -0.2) is 4.57 Å². The summed E-state index contributed by atoms with van der Waals surface area (Å²) in [5.74, 6) is 0.246. The first-order valence-electron chi connectivity index (χ1n) is 13.9. The van der Waals surface area contributed by atoms with E-state index >= 15 is 0 Å². The summed E-state index contributed by atoms with van der Waals surface area (Å²) in [5, 5.41) is 10.7. The van der Waals surface area contributed by atoms with Gasteiger partial charge in [-0.2, -0.15) is 0 Å². The molecule has 1 aromatic rings. The maximum atomic E-state index is 13.1. The molecule has 10 heteroatoms. The van der Waals surface area contributed by atoms with E-state index in [4.69, 9.17) is 14.0 Å². The second-order valence-electron chi connectivity index (χ2n) is 11.4. The van der Waals surface area contributed by atoms with Gasteiger partial charge in [0, 0.05) is 18.8 Å². The van der Waals surface area contributed by atoms with Gasteiger partial charge in [0.2, 0.25) is 0 Å². The fourth-order valence-electron chi connectivity index (χ4n) is 6.25. The zero-order valence-corrected chi connectivity index (χ0v) is 22.9. The highest BCUT2D eigenvalue weighted by atomic mass is 31.2. The third-order valence-electron chi connectivity index (χ3n) is 8.38. The van der Waals surface area contributed by atoms with Crippen LogP contribution in [-0.4, -0.2) is 51.6 Å². The Labute approximate surface area is 224 Å². The molecule has 1 unspecified atom stereocenters. The van der Waals surface area contributed by atoms with Crippen molar-refractivity contribution in [3.63, 3.8) is 0 Å². The number of rotatable bonds is 15. The molecule has 3 aliphatic carbocycles. The van der Waals surface area contributed by atoms with Gasteiger partial charge in [0.25, 0.3) is 0 Å². The molecule has 212 valence electrons. The normalized spacial score (nSPS) is 28.9. The van der Waals surface area contributed by atoms with E-state index in [2.05, 4.69) is 0 Å². The van der Waals surface area contributed by atoms with Crippen LogP contribution in [0.1, 0.15) is 71.1 Å². The number of aliphatic hydroxyl groups is 1. The van der Waals surface area contributed by atoms with E-state index in [-0.39, 0.29) is 42.7 Å². The summed E-state index contributed by atoms with van der Waals surface area (Å²) >= 11 is 0. The minimum Gasteiger partial charge on any atom is -0.491 e. The molecule has 0 amide bonds. The summed E-state index contributed by atoms with van der Waals surface area (Å²) in [6.07, 6.45) is 5.44. The fourth-order valence-corrected chi connectivity index (χ4v) is 6.82. The molecule has 0 aromatic heterocycles. The van der Waals surface area contributed by atoms with Crippen molar-refractivity contribution in [3.8, 4) is 5.75 Å². The molecule has 7 atom stereocenters. The highest BCUT2D eigenvalue weighted by molar-refractivity contribution is 7.46. The zero-order chi connectivity index (χ0) is 27.3. The van der Waals surface area contributed by atoms with Gasteiger partial charge in [0.05, 0.1) is 12.2 Å². The molecule has 1 aromatic carbocycles. The molecule has 0 spiro atoms. The molecule has 0 aliphatic heterocycles. The summed E-state index contributed by atoms with van der Waals surface area (Å²) in [5.41, 5.74) is 0. The lowest BCUT2D eigenvalue weighted by Gasteiger charge is -2.40. The lowest BCUT2D eigenvalue weighted by atomic mass is 9.65. The molecular formula is C28H41O9P. The highest BCUT2D eigenvalue weighted by Gasteiger charge is 2.49. The van der Waals surface area contributed by atoms with Crippen molar-refractivity contribution in [2.75, 3.05) is 6.61 Å². The molecule has 38 heavy (non-hydrogen) atoms. The lowest BCUT2D eigenvalue weighted by molar-refractivity contribution is -0.145. The number of carbonyl (C=O) groups is 2. The van der Waals surface area contributed by atoms with Gasteiger partial charge in [-0.1, -0.05) is 25.1 Å². The van der Waals surface area contributed by atoms with Crippen LogP contribution in [-0.2, 0) is 23.4 Å². The smallest absolute Gasteiger partial charge is 0.469 e. The maximum absolute atomic E-state index is 13.1. The van der Waals surface area contributed by atoms with Crippen molar-refractivity contribution in [2.24, 2.45) is 29.6 Å². The van der Waals surface area contributed by atoms with Gasteiger partial charge in [0.15, 0.2) is 0 Å². The van der Waals surface area contributed by atoms with Gasteiger partial charge < -0.3 is 24.4 Å². The monoisotopic (exact) mass is 552 g/mol. The van der Waals surface area contributed by atoms with E-state index < -0.39 is 25.9 Å². The number of para-hydroxylation sites is 1. The van der Waals surface area contributed by atoms with Crippen molar-refractivity contribution in [3.05, 3.63) is 30.3 Å². The fraction of sp³-hybridized carbons (Fsp3) is 0.714. The lowest BCUT2D eigenvalue weighted by Crippen LogP contribution is -2.36. The van der Waals surface area contributed by atoms with E-state index in [1.807, 2.05) is 25.1 Å². The summed E-state index contributed by atoms with van der Waals surface area (Å²) in [4.78, 5) is 44.0. The number of benzene rings is 1. The first-order chi connectivity index (χ1) is 18.1. The van der Waals surface area contributed by atoms with Gasteiger partial charge in [0.1, 0.15) is 24.2 Å². The number of phosphoric ester groups is 1. The van der Waals surface area contributed by atoms with Crippen LogP contribution in [0.3, 0.4) is 0 Å². The van der Waals surface area contributed by atoms with Crippen LogP contribution in [0, 0.1) is 29.6 Å². The predicted molar refractivity (Wildman–Crippen MR) is 139 cm³/mol. The van der Waals surface area contributed by atoms with Crippen LogP contribution < -0.4 is 4.74 Å². The van der Waals surface area contributed by atoms with Crippen LogP contribution in [0.25, 0.3) is 0 Å². The highest BCUT2D eigenvalue weighted by Crippen LogP contribution is 2.51. The van der Waals surface area contributed by atoms with Crippen LogP contribution >= 0.6 is 7.82 Å². The van der Waals surface area contributed by atoms with Crippen LogP contribution in [0.2, 0.25) is 0 Å². The van der Waals surface area contributed by atoms with Crippen LogP contribution in [0.4, 0.5) is 0 Å². The quantitative estimate of drug-likeness (QED) is 0.213. The number of phosphoric acid groups is 1. The van der Waals surface area contributed by atoms with Crippen molar-refractivity contribution < 1.29 is 43.0 Å². The number of ketones is 1. The number of carbonyl (C=O) groups excluding carboxylic acids is 2. The van der Waals surface area contributed by atoms with E-state index in [9.17, 15) is 29.0 Å². The first-order valence-corrected chi connectivity index (χ1v) is 15.4. The Hall–Kier alpha value is -1.77. The Morgan fingerprint density at radius 3 is 2.45 bits per heavy atom. The van der Waals surface area contributed by atoms with Gasteiger partial charge >= 0.3 is 13.8 Å². The SMILES string of the molecule is C[C@@H](C[C@@H](O)COc1ccccc1)[C@H]1[C@H](OP(=O)(O)O)CC(=O)[C@@H]1C[C@@H]1CCC1CCCC(=O)OC1CC1. The van der Waals surface area contributed by atoms with E-state index in [0.717, 1.165) is 38.5 Å². The molecule has 3 saturated carbocycles. The van der Waals surface area contributed by atoms with Crippen LogP contribution in [0.5, 0.6) is 5.75 Å². The largest absolute Gasteiger partial charge is 0.491 e.